The molecule has 2 aromatic heterocycles. The second-order valence-corrected chi connectivity index (χ2v) is 3.09. The van der Waals surface area contributed by atoms with Crippen LogP contribution in [0.15, 0.2) is 11.7 Å². The van der Waals surface area contributed by atoms with E-state index in [1.807, 2.05) is 4.40 Å². The fourth-order valence-corrected chi connectivity index (χ4v) is 1.85. The van der Waals surface area contributed by atoms with Crippen molar-refractivity contribution in [2.45, 2.75) is 6.42 Å². The van der Waals surface area contributed by atoms with E-state index in [4.69, 9.17) is 5.73 Å². The predicted molar refractivity (Wildman–Crippen MR) is 58.1 cm³/mol. The molecule has 2 rings (SSSR count). The van der Waals surface area contributed by atoms with Crippen LogP contribution in [-0.4, -0.2) is 21.1 Å². The molecule has 0 spiro atoms. The molecule has 0 aliphatic heterocycles. The van der Waals surface area contributed by atoms with Crippen LogP contribution in [0.4, 0.5) is 0 Å². The van der Waals surface area contributed by atoms with Crippen LogP contribution < -0.4 is 5.73 Å². The summed E-state index contributed by atoms with van der Waals surface area (Å²) in [4.78, 5) is 0.938. The lowest BCUT2D eigenvalue weighted by Gasteiger charge is -1.92. The third kappa shape index (κ3) is 2.31. The van der Waals surface area contributed by atoms with Crippen molar-refractivity contribution in [3.05, 3.63) is 17.4 Å². The van der Waals surface area contributed by atoms with E-state index in [0.29, 0.717) is 6.54 Å². The Hall–Kier alpha value is -0.360. The Morgan fingerprint density at radius 3 is 2.92 bits per heavy atom. The number of hydrogen-bond donors (Lipinski definition) is 1. The average Bonchev–Trinajstić information content (AvgIpc) is 2.53. The SMILES string of the molecule is Cl.Cl.NCCc1csc2nncn12. The van der Waals surface area contributed by atoms with Gasteiger partial charge >= 0.3 is 0 Å². The van der Waals surface area contributed by atoms with E-state index in [2.05, 4.69) is 15.6 Å². The minimum absolute atomic E-state index is 0. The van der Waals surface area contributed by atoms with Crippen LogP contribution in [-0.2, 0) is 6.42 Å². The fraction of sp³-hybridized carbons (Fsp3) is 0.333. The van der Waals surface area contributed by atoms with Gasteiger partial charge in [0.05, 0.1) is 0 Å². The predicted octanol–water partition coefficient (Wildman–Crippen LogP) is 1.14. The molecule has 7 heteroatoms. The highest BCUT2D eigenvalue weighted by Gasteiger charge is 2.02. The van der Waals surface area contributed by atoms with E-state index in [-0.39, 0.29) is 24.8 Å². The molecule has 13 heavy (non-hydrogen) atoms. The summed E-state index contributed by atoms with van der Waals surface area (Å²) >= 11 is 1.59. The number of fused-ring (bicyclic) bond motifs is 1. The molecule has 4 nitrogen and oxygen atoms in total. The van der Waals surface area contributed by atoms with Gasteiger partial charge in [-0.1, -0.05) is 0 Å². The van der Waals surface area contributed by atoms with E-state index in [1.54, 1.807) is 17.7 Å². The van der Waals surface area contributed by atoms with Crippen molar-refractivity contribution in [1.82, 2.24) is 14.6 Å². The van der Waals surface area contributed by atoms with E-state index >= 15 is 0 Å². The number of thiazole rings is 1. The van der Waals surface area contributed by atoms with Gasteiger partial charge < -0.3 is 5.73 Å². The molecule has 0 saturated heterocycles. The fourth-order valence-electron chi connectivity index (χ4n) is 1.01. The van der Waals surface area contributed by atoms with Crippen LogP contribution in [0.5, 0.6) is 0 Å². The molecular formula is C6H10Cl2N4S. The van der Waals surface area contributed by atoms with Crippen molar-refractivity contribution in [2.24, 2.45) is 5.73 Å². The standard InChI is InChI=1S/C6H8N4S.2ClH/c7-2-1-5-3-11-6-9-8-4-10(5)6;;/h3-4H,1-2,7H2;2*1H. The lowest BCUT2D eigenvalue weighted by molar-refractivity contribution is 0.904. The Morgan fingerprint density at radius 2 is 2.23 bits per heavy atom. The summed E-state index contributed by atoms with van der Waals surface area (Å²) in [7, 11) is 0. The molecule has 0 unspecified atom stereocenters. The second kappa shape index (κ2) is 5.39. The first kappa shape index (κ1) is 12.6. The largest absolute Gasteiger partial charge is 0.330 e. The minimum Gasteiger partial charge on any atom is -0.330 e. The lowest BCUT2D eigenvalue weighted by atomic mass is 10.3. The molecule has 0 amide bonds. The smallest absolute Gasteiger partial charge is 0.216 e. The van der Waals surface area contributed by atoms with Gasteiger partial charge in [0.2, 0.25) is 4.96 Å². The summed E-state index contributed by atoms with van der Waals surface area (Å²) in [6.07, 6.45) is 2.61. The zero-order valence-electron chi connectivity index (χ0n) is 6.71. The Kier molecular flexibility index (Phi) is 5.24. The highest BCUT2D eigenvalue weighted by atomic mass is 35.5. The van der Waals surface area contributed by atoms with Crippen molar-refractivity contribution in [1.29, 1.82) is 0 Å². The Balaban J connectivity index is 0.000000720. The van der Waals surface area contributed by atoms with Gasteiger partial charge in [-0.15, -0.1) is 46.3 Å². The van der Waals surface area contributed by atoms with Gasteiger partial charge in [-0.2, -0.15) is 0 Å². The molecular weight excluding hydrogens is 231 g/mol. The summed E-state index contributed by atoms with van der Waals surface area (Å²) in [6.45, 7) is 0.671. The molecule has 0 atom stereocenters. The highest BCUT2D eigenvalue weighted by molar-refractivity contribution is 7.15. The molecule has 2 aromatic rings. The Labute approximate surface area is 92.0 Å². The normalized spacial score (nSPS) is 9.31. The van der Waals surface area contributed by atoms with Crippen LogP contribution in [0.3, 0.4) is 0 Å². The van der Waals surface area contributed by atoms with Gasteiger partial charge in [0.1, 0.15) is 6.33 Å². The quantitative estimate of drug-likeness (QED) is 0.857. The zero-order valence-corrected chi connectivity index (χ0v) is 9.16. The summed E-state index contributed by atoms with van der Waals surface area (Å²) < 4.78 is 1.97. The first-order valence-electron chi connectivity index (χ1n) is 3.38. The maximum absolute atomic E-state index is 5.43. The van der Waals surface area contributed by atoms with Crippen molar-refractivity contribution in [3.8, 4) is 0 Å². The molecule has 0 aromatic carbocycles. The van der Waals surface area contributed by atoms with E-state index in [9.17, 15) is 0 Å². The van der Waals surface area contributed by atoms with Gasteiger partial charge in [0.25, 0.3) is 0 Å². The second-order valence-electron chi connectivity index (χ2n) is 2.25. The van der Waals surface area contributed by atoms with Crippen LogP contribution in [0, 0.1) is 0 Å². The van der Waals surface area contributed by atoms with E-state index < -0.39 is 0 Å². The topological polar surface area (TPSA) is 56.2 Å². The number of hydrogen-bond acceptors (Lipinski definition) is 4. The van der Waals surface area contributed by atoms with Crippen LogP contribution >= 0.6 is 36.2 Å². The van der Waals surface area contributed by atoms with Gasteiger partial charge in [0.15, 0.2) is 0 Å². The maximum Gasteiger partial charge on any atom is 0.216 e. The number of halogens is 2. The van der Waals surface area contributed by atoms with Crippen molar-refractivity contribution in [2.75, 3.05) is 6.54 Å². The average molecular weight is 241 g/mol. The molecule has 0 aliphatic carbocycles. The number of aromatic nitrogens is 3. The summed E-state index contributed by atoms with van der Waals surface area (Å²) in [6, 6.07) is 0. The van der Waals surface area contributed by atoms with Crippen molar-refractivity contribution in [3.63, 3.8) is 0 Å². The molecule has 0 fully saturated rings. The molecule has 0 radical (unpaired) electrons. The summed E-state index contributed by atoms with van der Waals surface area (Å²) in [5.41, 5.74) is 6.62. The first-order chi connectivity index (χ1) is 5.42. The first-order valence-corrected chi connectivity index (χ1v) is 4.26. The molecule has 2 N–H and O–H groups in total. The van der Waals surface area contributed by atoms with Crippen LogP contribution in [0.1, 0.15) is 5.69 Å². The van der Waals surface area contributed by atoms with Gasteiger partial charge in [-0.3, -0.25) is 4.40 Å². The lowest BCUT2D eigenvalue weighted by Crippen LogP contribution is -2.04. The Morgan fingerprint density at radius 1 is 1.46 bits per heavy atom. The Bertz CT molecular complexity index is 358. The molecule has 0 bridgehead atoms. The third-order valence-corrected chi connectivity index (χ3v) is 2.41. The zero-order chi connectivity index (χ0) is 7.68. The van der Waals surface area contributed by atoms with Crippen LogP contribution in [0.25, 0.3) is 4.96 Å². The molecule has 0 aliphatic rings. The number of rotatable bonds is 2. The van der Waals surface area contributed by atoms with Gasteiger partial charge in [0, 0.05) is 17.5 Å². The highest BCUT2D eigenvalue weighted by Crippen LogP contribution is 2.12. The maximum atomic E-state index is 5.43. The monoisotopic (exact) mass is 240 g/mol. The van der Waals surface area contributed by atoms with Gasteiger partial charge in [-0.05, 0) is 6.54 Å². The third-order valence-electron chi connectivity index (χ3n) is 1.53. The van der Waals surface area contributed by atoms with Crippen LogP contribution in [0.2, 0.25) is 0 Å². The number of nitrogens with two attached hydrogens (primary N) is 1. The summed E-state index contributed by atoms with van der Waals surface area (Å²) in [5.74, 6) is 0. The van der Waals surface area contributed by atoms with E-state index in [0.717, 1.165) is 11.4 Å². The van der Waals surface area contributed by atoms with Gasteiger partial charge in [-0.25, -0.2) is 0 Å². The minimum atomic E-state index is 0. The molecule has 2 heterocycles. The van der Waals surface area contributed by atoms with E-state index in [1.165, 1.54) is 5.69 Å². The van der Waals surface area contributed by atoms with Crippen molar-refractivity contribution < 1.29 is 0 Å². The molecule has 0 saturated carbocycles. The van der Waals surface area contributed by atoms with Crippen molar-refractivity contribution >= 4 is 41.1 Å². The molecule has 74 valence electrons. The number of nitrogens with zero attached hydrogens (tertiary/aromatic N) is 3. The summed E-state index contributed by atoms with van der Waals surface area (Å²) in [5, 5.41) is 9.77.